The van der Waals surface area contributed by atoms with E-state index in [-0.39, 0.29) is 12.1 Å². The molecule has 78 valence electrons. The Kier molecular flexibility index (Phi) is 4.20. The van der Waals surface area contributed by atoms with Crippen LogP contribution in [0.25, 0.3) is 0 Å². The lowest BCUT2D eigenvalue weighted by atomic mass is 10.0. The average molecular weight is 233 g/mol. The Morgan fingerprint density at radius 3 is 2.36 bits per heavy atom. The molecule has 0 saturated carbocycles. The zero-order valence-corrected chi connectivity index (χ0v) is 9.73. The zero-order valence-electron chi connectivity index (χ0n) is 8.22. The second kappa shape index (κ2) is 4.99. The second-order valence-electron chi connectivity index (χ2n) is 3.30. The standard InChI is InChI=1S/C10H14Cl2N2/c1-6(13)10(14-2)7-3-4-8(11)9(12)5-7/h3-6,10,14H,13H2,1-2H3. The van der Waals surface area contributed by atoms with E-state index in [9.17, 15) is 0 Å². The van der Waals surface area contributed by atoms with Crippen molar-refractivity contribution in [2.45, 2.75) is 19.0 Å². The third kappa shape index (κ3) is 2.61. The number of nitrogens with two attached hydrogens (primary N) is 1. The largest absolute Gasteiger partial charge is 0.326 e. The Labute approximate surface area is 94.4 Å². The normalized spacial score (nSPS) is 15.2. The fourth-order valence-corrected chi connectivity index (χ4v) is 1.75. The predicted molar refractivity (Wildman–Crippen MR) is 61.9 cm³/mol. The van der Waals surface area contributed by atoms with Crippen molar-refractivity contribution >= 4 is 23.2 Å². The van der Waals surface area contributed by atoms with Gasteiger partial charge in [-0.3, -0.25) is 0 Å². The van der Waals surface area contributed by atoms with Gasteiger partial charge in [-0.15, -0.1) is 0 Å². The highest BCUT2D eigenvalue weighted by atomic mass is 35.5. The molecule has 0 aromatic heterocycles. The summed E-state index contributed by atoms with van der Waals surface area (Å²) < 4.78 is 0. The molecule has 1 aromatic rings. The summed E-state index contributed by atoms with van der Waals surface area (Å²) >= 11 is 11.7. The Balaban J connectivity index is 3.00. The smallest absolute Gasteiger partial charge is 0.0595 e. The van der Waals surface area contributed by atoms with Crippen LogP contribution >= 0.6 is 23.2 Å². The van der Waals surface area contributed by atoms with Crippen molar-refractivity contribution in [2.24, 2.45) is 5.73 Å². The lowest BCUT2D eigenvalue weighted by molar-refractivity contribution is 0.504. The highest BCUT2D eigenvalue weighted by Crippen LogP contribution is 2.26. The van der Waals surface area contributed by atoms with E-state index < -0.39 is 0 Å². The van der Waals surface area contributed by atoms with Crippen LogP contribution in [0.5, 0.6) is 0 Å². The quantitative estimate of drug-likeness (QED) is 0.842. The molecule has 0 heterocycles. The van der Waals surface area contributed by atoms with Gasteiger partial charge in [-0.1, -0.05) is 29.3 Å². The third-order valence-electron chi connectivity index (χ3n) is 2.14. The maximum atomic E-state index is 5.92. The Hall–Kier alpha value is -0.280. The number of benzene rings is 1. The molecule has 2 nitrogen and oxygen atoms in total. The van der Waals surface area contributed by atoms with Gasteiger partial charge >= 0.3 is 0 Å². The molecule has 0 aliphatic rings. The van der Waals surface area contributed by atoms with Crippen LogP contribution in [0.1, 0.15) is 18.5 Å². The number of hydrogen-bond donors (Lipinski definition) is 2. The molecule has 2 atom stereocenters. The van der Waals surface area contributed by atoms with Crippen LogP contribution in [0, 0.1) is 0 Å². The average Bonchev–Trinajstić information content (AvgIpc) is 2.11. The first-order valence-corrected chi connectivity index (χ1v) is 5.19. The molecule has 0 aliphatic carbocycles. The van der Waals surface area contributed by atoms with Gasteiger partial charge in [0.05, 0.1) is 10.0 Å². The Morgan fingerprint density at radius 1 is 1.29 bits per heavy atom. The molecular weight excluding hydrogens is 219 g/mol. The molecule has 0 aliphatic heterocycles. The van der Waals surface area contributed by atoms with Gasteiger partial charge in [0.25, 0.3) is 0 Å². The van der Waals surface area contributed by atoms with Crippen LogP contribution in [0.15, 0.2) is 18.2 Å². The van der Waals surface area contributed by atoms with Gasteiger partial charge in [-0.05, 0) is 31.7 Å². The van der Waals surface area contributed by atoms with Gasteiger partial charge in [-0.2, -0.15) is 0 Å². The van der Waals surface area contributed by atoms with Crippen LogP contribution in [0.4, 0.5) is 0 Å². The zero-order chi connectivity index (χ0) is 10.7. The van der Waals surface area contributed by atoms with E-state index in [0.717, 1.165) is 5.56 Å². The SMILES string of the molecule is CNC(c1ccc(Cl)c(Cl)c1)C(C)N. The van der Waals surface area contributed by atoms with Crippen LogP contribution in [0.2, 0.25) is 10.0 Å². The summed E-state index contributed by atoms with van der Waals surface area (Å²) in [5.41, 5.74) is 6.88. The lowest BCUT2D eigenvalue weighted by Gasteiger charge is -2.20. The summed E-state index contributed by atoms with van der Waals surface area (Å²) in [6.07, 6.45) is 0. The van der Waals surface area contributed by atoms with Crippen LogP contribution < -0.4 is 11.1 Å². The topological polar surface area (TPSA) is 38.0 Å². The monoisotopic (exact) mass is 232 g/mol. The van der Waals surface area contributed by atoms with Crippen molar-refractivity contribution in [3.63, 3.8) is 0 Å². The number of halogens is 2. The first kappa shape index (κ1) is 11.8. The van der Waals surface area contributed by atoms with Crippen LogP contribution in [0.3, 0.4) is 0 Å². The molecule has 0 saturated heterocycles. The highest BCUT2D eigenvalue weighted by molar-refractivity contribution is 6.42. The van der Waals surface area contributed by atoms with E-state index in [1.54, 1.807) is 6.07 Å². The van der Waals surface area contributed by atoms with Gasteiger partial charge in [0, 0.05) is 12.1 Å². The van der Waals surface area contributed by atoms with Gasteiger partial charge in [-0.25, -0.2) is 0 Å². The minimum Gasteiger partial charge on any atom is -0.326 e. The van der Waals surface area contributed by atoms with Gasteiger partial charge in [0.15, 0.2) is 0 Å². The molecule has 1 aromatic carbocycles. The molecule has 0 amide bonds. The predicted octanol–water partition coefficient (Wildman–Crippen LogP) is 2.60. The van der Waals surface area contributed by atoms with E-state index in [0.29, 0.717) is 10.0 Å². The third-order valence-corrected chi connectivity index (χ3v) is 2.88. The summed E-state index contributed by atoms with van der Waals surface area (Å²) in [4.78, 5) is 0. The fourth-order valence-electron chi connectivity index (χ4n) is 1.44. The van der Waals surface area contributed by atoms with E-state index in [1.807, 2.05) is 26.1 Å². The summed E-state index contributed by atoms with van der Waals surface area (Å²) in [6, 6.07) is 5.68. The summed E-state index contributed by atoms with van der Waals surface area (Å²) in [6.45, 7) is 1.95. The van der Waals surface area contributed by atoms with E-state index >= 15 is 0 Å². The van der Waals surface area contributed by atoms with Crippen molar-refractivity contribution in [3.8, 4) is 0 Å². The van der Waals surface area contributed by atoms with Crippen LogP contribution in [-0.4, -0.2) is 13.1 Å². The fraction of sp³-hybridized carbons (Fsp3) is 0.400. The summed E-state index contributed by atoms with van der Waals surface area (Å²) in [7, 11) is 1.87. The molecular formula is C10H14Cl2N2. The summed E-state index contributed by atoms with van der Waals surface area (Å²) in [5.74, 6) is 0. The van der Waals surface area contributed by atoms with Gasteiger partial charge in [0.2, 0.25) is 0 Å². The molecule has 0 spiro atoms. The molecule has 14 heavy (non-hydrogen) atoms. The van der Waals surface area contributed by atoms with Crippen LogP contribution in [-0.2, 0) is 0 Å². The van der Waals surface area contributed by atoms with Crippen molar-refractivity contribution in [1.29, 1.82) is 0 Å². The molecule has 2 unspecified atom stereocenters. The van der Waals surface area contributed by atoms with Gasteiger partial charge in [0.1, 0.15) is 0 Å². The van der Waals surface area contributed by atoms with Gasteiger partial charge < -0.3 is 11.1 Å². The lowest BCUT2D eigenvalue weighted by Crippen LogP contribution is -2.33. The minimum absolute atomic E-state index is 0.0252. The first-order chi connectivity index (χ1) is 6.56. The number of likely N-dealkylation sites (N-methyl/N-ethyl adjacent to an activating group) is 1. The maximum absolute atomic E-state index is 5.92. The molecule has 3 N–H and O–H groups in total. The Bertz CT molecular complexity index is 313. The van der Waals surface area contributed by atoms with E-state index in [4.69, 9.17) is 28.9 Å². The minimum atomic E-state index is 0.0252. The molecule has 4 heteroatoms. The Morgan fingerprint density at radius 2 is 1.93 bits per heavy atom. The highest BCUT2D eigenvalue weighted by Gasteiger charge is 2.14. The second-order valence-corrected chi connectivity index (χ2v) is 4.11. The maximum Gasteiger partial charge on any atom is 0.0595 e. The van der Waals surface area contributed by atoms with E-state index in [1.165, 1.54) is 0 Å². The molecule has 0 fully saturated rings. The van der Waals surface area contributed by atoms with Crippen molar-refractivity contribution < 1.29 is 0 Å². The van der Waals surface area contributed by atoms with Crippen molar-refractivity contribution in [1.82, 2.24) is 5.32 Å². The van der Waals surface area contributed by atoms with Crippen molar-refractivity contribution in [3.05, 3.63) is 33.8 Å². The number of rotatable bonds is 3. The molecule has 0 radical (unpaired) electrons. The van der Waals surface area contributed by atoms with E-state index in [2.05, 4.69) is 5.32 Å². The summed E-state index contributed by atoms with van der Waals surface area (Å²) in [5, 5.41) is 4.26. The molecule has 1 rings (SSSR count). The number of nitrogens with one attached hydrogen (secondary N) is 1. The molecule has 0 bridgehead atoms. The number of hydrogen-bond acceptors (Lipinski definition) is 2. The first-order valence-electron chi connectivity index (χ1n) is 4.44. The van der Waals surface area contributed by atoms with Crippen molar-refractivity contribution in [2.75, 3.05) is 7.05 Å².